The average molecular weight is 460 g/mol. The predicted molar refractivity (Wildman–Crippen MR) is 123 cm³/mol. The highest BCUT2D eigenvalue weighted by molar-refractivity contribution is 7.09. The Morgan fingerprint density at radius 2 is 2.12 bits per heavy atom. The van der Waals surface area contributed by atoms with Crippen molar-refractivity contribution in [2.75, 3.05) is 0 Å². The summed E-state index contributed by atoms with van der Waals surface area (Å²) in [5.41, 5.74) is 1.40. The van der Waals surface area contributed by atoms with Crippen LogP contribution in [0.4, 0.5) is 0 Å². The Hall–Kier alpha value is -2.39. The number of carbonyl (C=O) groups excluding carboxylic acids is 1. The zero-order valence-corrected chi connectivity index (χ0v) is 19.8. The van der Waals surface area contributed by atoms with Crippen molar-refractivity contribution in [3.63, 3.8) is 0 Å². The summed E-state index contributed by atoms with van der Waals surface area (Å²) in [5, 5.41) is 13.3. The lowest BCUT2D eigenvalue weighted by atomic mass is 9.69. The summed E-state index contributed by atoms with van der Waals surface area (Å²) in [4.78, 5) is 37.7. The first kappa shape index (κ1) is 24.3. The van der Waals surface area contributed by atoms with Crippen LogP contribution in [0.1, 0.15) is 62.3 Å². The van der Waals surface area contributed by atoms with Crippen molar-refractivity contribution < 1.29 is 14.7 Å². The van der Waals surface area contributed by atoms with E-state index in [0.717, 1.165) is 48.6 Å². The fourth-order valence-corrected chi connectivity index (χ4v) is 5.69. The minimum absolute atomic E-state index is 0.192. The van der Waals surface area contributed by atoms with Crippen LogP contribution in [0.2, 0.25) is 0 Å². The molecule has 2 bridgehead atoms. The largest absolute Gasteiger partial charge is 0.483 e. The number of rotatable bonds is 8. The van der Waals surface area contributed by atoms with Gasteiger partial charge in [0.05, 0.1) is 36.1 Å². The molecule has 2 aromatic rings. The molecule has 0 aromatic carbocycles. The number of aromatic nitrogens is 3. The molecule has 0 radical (unpaired) electrons. The highest BCUT2D eigenvalue weighted by atomic mass is 32.1. The molecule has 0 saturated carbocycles. The van der Waals surface area contributed by atoms with E-state index >= 15 is 0 Å². The van der Waals surface area contributed by atoms with Crippen LogP contribution >= 0.6 is 11.3 Å². The topological polar surface area (TPSA) is 108 Å². The van der Waals surface area contributed by atoms with Crippen LogP contribution in [0.15, 0.2) is 24.0 Å². The number of nitrogens with one attached hydrogen (secondary N) is 1. The zero-order valence-electron chi connectivity index (χ0n) is 19.0. The van der Waals surface area contributed by atoms with Gasteiger partial charge in [-0.1, -0.05) is 13.8 Å². The third-order valence-corrected chi connectivity index (χ3v) is 7.33. The van der Waals surface area contributed by atoms with Crippen molar-refractivity contribution in [2.45, 2.75) is 78.0 Å². The number of aryl methyl sites for hydroxylation is 1. The fourth-order valence-electron chi connectivity index (χ4n) is 5.06. The third kappa shape index (κ3) is 5.50. The molecule has 2 aliphatic rings. The molecule has 2 fully saturated rings. The van der Waals surface area contributed by atoms with E-state index in [1.54, 1.807) is 23.7 Å². The van der Waals surface area contributed by atoms with Crippen molar-refractivity contribution in [3.8, 4) is 0 Å². The highest BCUT2D eigenvalue weighted by Gasteiger charge is 2.59. The van der Waals surface area contributed by atoms with Crippen LogP contribution in [0, 0.1) is 18.3 Å². The Bertz CT molecular complexity index is 874. The number of amides is 1. The van der Waals surface area contributed by atoms with Gasteiger partial charge in [0.2, 0.25) is 5.91 Å². The maximum absolute atomic E-state index is 13.6. The first-order valence-corrected chi connectivity index (χ1v) is 12.1. The molecule has 2 aromatic heterocycles. The van der Waals surface area contributed by atoms with Crippen LogP contribution in [-0.4, -0.2) is 49.4 Å². The monoisotopic (exact) mass is 459 g/mol. The summed E-state index contributed by atoms with van der Waals surface area (Å²) in [6, 6.07) is 0.792. The van der Waals surface area contributed by atoms with Crippen molar-refractivity contribution in [2.24, 2.45) is 11.3 Å². The summed E-state index contributed by atoms with van der Waals surface area (Å²) in [6.07, 6.45) is 10.7. The van der Waals surface area contributed by atoms with Gasteiger partial charge >= 0.3 is 0 Å². The molecule has 174 valence electrons. The van der Waals surface area contributed by atoms with Gasteiger partial charge in [-0.05, 0) is 44.9 Å². The summed E-state index contributed by atoms with van der Waals surface area (Å²) >= 11 is 1.71. The van der Waals surface area contributed by atoms with Crippen molar-refractivity contribution in [1.82, 2.24) is 25.2 Å². The number of carbonyl (C=O) groups is 2. The second-order valence-electron chi connectivity index (χ2n) is 9.08. The lowest BCUT2D eigenvalue weighted by molar-refractivity contribution is -0.134. The van der Waals surface area contributed by atoms with E-state index in [2.05, 4.69) is 39.0 Å². The molecule has 4 rings (SSSR count). The van der Waals surface area contributed by atoms with Crippen LogP contribution in [-0.2, 0) is 22.7 Å². The molecule has 8 nitrogen and oxygen atoms in total. The normalized spacial score (nSPS) is 24.2. The molecule has 0 aliphatic carbocycles. The number of fused-ring (bicyclic) bond motifs is 2. The quantitative estimate of drug-likeness (QED) is 0.582. The van der Waals surface area contributed by atoms with Crippen LogP contribution < -0.4 is 5.32 Å². The first-order valence-electron chi connectivity index (χ1n) is 11.2. The second-order valence-corrected chi connectivity index (χ2v) is 10.1. The van der Waals surface area contributed by atoms with E-state index in [1.807, 2.05) is 18.5 Å². The Morgan fingerprint density at radius 3 is 2.75 bits per heavy atom. The molecule has 4 heterocycles. The lowest BCUT2D eigenvalue weighted by Gasteiger charge is -2.37. The van der Waals surface area contributed by atoms with Crippen molar-refractivity contribution in [1.29, 1.82) is 0 Å². The van der Waals surface area contributed by atoms with Gasteiger partial charge in [-0.3, -0.25) is 24.5 Å². The summed E-state index contributed by atoms with van der Waals surface area (Å²) in [5.74, 6) is 0.783. The number of thiazole rings is 1. The van der Waals surface area contributed by atoms with Crippen molar-refractivity contribution in [3.05, 3.63) is 40.4 Å². The van der Waals surface area contributed by atoms with E-state index in [9.17, 15) is 4.79 Å². The first-order chi connectivity index (χ1) is 15.4. The Kier molecular flexibility index (Phi) is 8.31. The maximum Gasteiger partial charge on any atom is 0.290 e. The van der Waals surface area contributed by atoms with E-state index in [1.165, 1.54) is 6.42 Å². The molecule has 2 saturated heterocycles. The molecule has 0 unspecified atom stereocenters. The molecular formula is C23H33N5O3S. The van der Waals surface area contributed by atoms with E-state index in [-0.39, 0.29) is 17.8 Å². The molecule has 2 aliphatic heterocycles. The molecule has 9 heteroatoms. The molecule has 1 amide bonds. The molecule has 2 N–H and O–H groups in total. The second kappa shape index (κ2) is 11.0. The Balaban J connectivity index is 0.000000913. The van der Waals surface area contributed by atoms with Gasteiger partial charge in [0.25, 0.3) is 6.47 Å². The standard InChI is InChI=1S/C22H31N5OS.CH2O2/c1-15(2)6-7-22(21(28)26-13-17-12-24-16(3)11-25-17)10-18-4-5-19(22)27(18)14-20-23-8-9-29-20;2-1-3/h8-9,11-12,15,18-19H,4-7,10,13-14H2,1-3H3,(H,26,28);1H,(H,2,3)/t18-,19+,22+;/m1./s1. The molecule has 3 atom stereocenters. The summed E-state index contributed by atoms with van der Waals surface area (Å²) in [6.45, 7) is 7.47. The Morgan fingerprint density at radius 1 is 1.34 bits per heavy atom. The molecular weight excluding hydrogens is 426 g/mol. The minimum atomic E-state index is -0.303. The predicted octanol–water partition coefficient (Wildman–Crippen LogP) is 3.42. The zero-order chi connectivity index (χ0) is 23.1. The third-order valence-electron chi connectivity index (χ3n) is 6.57. The SMILES string of the molecule is Cc1cnc(CNC(=O)[C@@]2(CCC(C)C)C[C@H]3CC[C@@H]2N3Cc2nccs2)cn1.O=CO. The van der Waals surface area contributed by atoms with E-state index in [4.69, 9.17) is 9.90 Å². The van der Waals surface area contributed by atoms with Gasteiger partial charge in [0, 0.05) is 29.9 Å². The summed E-state index contributed by atoms with van der Waals surface area (Å²) < 4.78 is 0. The summed E-state index contributed by atoms with van der Waals surface area (Å²) in [7, 11) is 0. The minimum Gasteiger partial charge on any atom is -0.483 e. The van der Waals surface area contributed by atoms with Gasteiger partial charge < -0.3 is 10.4 Å². The van der Waals surface area contributed by atoms with Gasteiger partial charge in [-0.15, -0.1) is 11.3 Å². The molecule has 0 spiro atoms. The van der Waals surface area contributed by atoms with Gasteiger partial charge in [0.15, 0.2) is 0 Å². The average Bonchev–Trinajstić information content (AvgIpc) is 3.49. The number of hydrogen-bond acceptors (Lipinski definition) is 7. The van der Waals surface area contributed by atoms with Gasteiger partial charge in [-0.25, -0.2) is 4.98 Å². The van der Waals surface area contributed by atoms with Crippen LogP contribution in [0.3, 0.4) is 0 Å². The van der Waals surface area contributed by atoms with Gasteiger partial charge in [-0.2, -0.15) is 0 Å². The van der Waals surface area contributed by atoms with E-state index in [0.29, 0.717) is 24.5 Å². The van der Waals surface area contributed by atoms with Gasteiger partial charge in [0.1, 0.15) is 5.01 Å². The molecule has 32 heavy (non-hydrogen) atoms. The van der Waals surface area contributed by atoms with Crippen LogP contribution in [0.25, 0.3) is 0 Å². The van der Waals surface area contributed by atoms with Crippen LogP contribution in [0.5, 0.6) is 0 Å². The lowest BCUT2D eigenvalue weighted by Crippen LogP contribution is -2.49. The Labute approximate surface area is 193 Å². The maximum atomic E-state index is 13.6. The number of hydrogen-bond donors (Lipinski definition) is 2. The van der Waals surface area contributed by atoms with E-state index < -0.39 is 0 Å². The number of nitrogens with zero attached hydrogens (tertiary/aromatic N) is 4. The van der Waals surface area contributed by atoms with Crippen molar-refractivity contribution >= 4 is 23.7 Å². The number of carboxylic acid groups (broad SMARTS) is 1. The smallest absolute Gasteiger partial charge is 0.290 e. The fraction of sp³-hybridized carbons (Fsp3) is 0.609. The highest BCUT2D eigenvalue weighted by Crippen LogP contribution is 2.53.